The Morgan fingerprint density at radius 3 is 2.40 bits per heavy atom. The number of hydrogen-bond acceptors (Lipinski definition) is 3. The van der Waals surface area contributed by atoms with E-state index < -0.39 is 5.54 Å². The van der Waals surface area contributed by atoms with Crippen molar-refractivity contribution in [3.8, 4) is 0 Å². The minimum atomic E-state index is -0.400. The van der Waals surface area contributed by atoms with Crippen LogP contribution in [0, 0.1) is 0 Å². The molecule has 0 bridgehead atoms. The zero-order chi connectivity index (χ0) is 11.3. The molecule has 1 aliphatic rings. The molecule has 0 spiro atoms. The summed E-state index contributed by atoms with van der Waals surface area (Å²) in [4.78, 5) is 12.0. The maximum Gasteiger partial charge on any atom is 0.326 e. The average Bonchev–Trinajstić information content (AvgIpc) is 2.18. The molecule has 0 aliphatic heterocycles. The first-order chi connectivity index (χ1) is 7.10. The van der Waals surface area contributed by atoms with E-state index in [0.717, 1.165) is 25.7 Å². The lowest BCUT2D eigenvalue weighted by Crippen LogP contribution is -2.56. The van der Waals surface area contributed by atoms with E-state index in [4.69, 9.17) is 4.74 Å². The second kappa shape index (κ2) is 5.50. The lowest BCUT2D eigenvalue weighted by atomic mass is 9.81. The Balaban J connectivity index is 2.69. The summed E-state index contributed by atoms with van der Waals surface area (Å²) in [6.07, 6.45) is 5.33. The van der Waals surface area contributed by atoms with Crippen molar-refractivity contribution in [2.45, 2.75) is 64.5 Å². The molecule has 1 rings (SSSR count). The predicted molar refractivity (Wildman–Crippen MR) is 60.7 cm³/mol. The van der Waals surface area contributed by atoms with Crippen LogP contribution in [0.4, 0.5) is 0 Å². The summed E-state index contributed by atoms with van der Waals surface area (Å²) < 4.78 is 5.18. The zero-order valence-electron chi connectivity index (χ0n) is 10.1. The normalized spacial score (nSPS) is 20.3. The molecular weight excluding hydrogens is 190 g/mol. The highest BCUT2D eigenvalue weighted by Gasteiger charge is 2.40. The number of carbonyl (C=O) groups excluding carboxylic acids is 1. The van der Waals surface area contributed by atoms with Crippen LogP contribution in [0.25, 0.3) is 0 Å². The molecule has 0 amide bonds. The van der Waals surface area contributed by atoms with Crippen LogP contribution in [0.3, 0.4) is 0 Å². The largest absolute Gasteiger partial charge is 0.465 e. The van der Waals surface area contributed by atoms with Crippen LogP contribution in [0.1, 0.15) is 52.9 Å². The predicted octanol–water partition coefficient (Wildman–Crippen LogP) is 2.25. The van der Waals surface area contributed by atoms with Gasteiger partial charge in [0, 0.05) is 6.04 Å². The molecule has 0 aromatic heterocycles. The summed E-state index contributed by atoms with van der Waals surface area (Å²) >= 11 is 0. The van der Waals surface area contributed by atoms with E-state index in [1.807, 2.05) is 6.92 Å². The Morgan fingerprint density at radius 2 is 1.93 bits per heavy atom. The van der Waals surface area contributed by atoms with E-state index in [9.17, 15) is 4.79 Å². The van der Waals surface area contributed by atoms with Crippen molar-refractivity contribution in [1.29, 1.82) is 0 Å². The van der Waals surface area contributed by atoms with Gasteiger partial charge in [0.05, 0.1) is 6.61 Å². The van der Waals surface area contributed by atoms with Gasteiger partial charge in [-0.15, -0.1) is 0 Å². The van der Waals surface area contributed by atoms with Gasteiger partial charge in [-0.1, -0.05) is 19.3 Å². The van der Waals surface area contributed by atoms with Gasteiger partial charge in [-0.05, 0) is 33.6 Å². The third-order valence-electron chi connectivity index (χ3n) is 2.94. The Kier molecular flexibility index (Phi) is 4.58. The third kappa shape index (κ3) is 3.20. The van der Waals surface area contributed by atoms with E-state index in [1.165, 1.54) is 6.42 Å². The molecule has 0 aromatic rings. The maximum absolute atomic E-state index is 12.0. The molecule has 3 nitrogen and oxygen atoms in total. The number of nitrogens with one attached hydrogen (secondary N) is 1. The molecule has 0 heterocycles. The fourth-order valence-electron chi connectivity index (χ4n) is 2.38. The molecule has 0 unspecified atom stereocenters. The topological polar surface area (TPSA) is 38.3 Å². The van der Waals surface area contributed by atoms with E-state index in [2.05, 4.69) is 19.2 Å². The smallest absolute Gasteiger partial charge is 0.326 e. The maximum atomic E-state index is 12.0. The molecule has 1 fully saturated rings. The highest BCUT2D eigenvalue weighted by Crippen LogP contribution is 2.29. The number of hydrogen-bond donors (Lipinski definition) is 1. The molecule has 0 saturated heterocycles. The van der Waals surface area contributed by atoms with Crippen LogP contribution in [0.5, 0.6) is 0 Å². The molecule has 0 atom stereocenters. The molecule has 3 heteroatoms. The van der Waals surface area contributed by atoms with E-state index in [-0.39, 0.29) is 5.97 Å². The Bertz CT molecular complexity index is 208. The lowest BCUT2D eigenvalue weighted by Gasteiger charge is -2.37. The molecule has 0 aromatic carbocycles. The monoisotopic (exact) mass is 213 g/mol. The lowest BCUT2D eigenvalue weighted by molar-refractivity contribution is -0.153. The van der Waals surface area contributed by atoms with Crippen LogP contribution in [0.2, 0.25) is 0 Å². The summed E-state index contributed by atoms with van der Waals surface area (Å²) in [6.45, 7) is 6.50. The Hall–Kier alpha value is -0.570. The minimum Gasteiger partial charge on any atom is -0.465 e. The minimum absolute atomic E-state index is 0.0570. The van der Waals surface area contributed by atoms with Crippen molar-refractivity contribution in [3.05, 3.63) is 0 Å². The number of carbonyl (C=O) groups is 1. The first-order valence-corrected chi connectivity index (χ1v) is 6.05. The second-order valence-corrected chi connectivity index (χ2v) is 4.66. The molecule has 1 N–H and O–H groups in total. The number of ether oxygens (including phenoxy) is 1. The number of esters is 1. The van der Waals surface area contributed by atoms with Crippen molar-refractivity contribution < 1.29 is 9.53 Å². The summed E-state index contributed by atoms with van der Waals surface area (Å²) in [5, 5.41) is 3.41. The van der Waals surface area contributed by atoms with E-state index >= 15 is 0 Å². The van der Waals surface area contributed by atoms with Crippen LogP contribution in [-0.2, 0) is 9.53 Å². The Morgan fingerprint density at radius 1 is 1.33 bits per heavy atom. The van der Waals surface area contributed by atoms with Gasteiger partial charge < -0.3 is 4.74 Å². The van der Waals surface area contributed by atoms with Crippen LogP contribution >= 0.6 is 0 Å². The summed E-state index contributed by atoms with van der Waals surface area (Å²) in [5.41, 5.74) is -0.400. The van der Waals surface area contributed by atoms with E-state index in [1.54, 1.807) is 0 Å². The van der Waals surface area contributed by atoms with Gasteiger partial charge in [0.1, 0.15) is 5.54 Å². The molecule has 1 aliphatic carbocycles. The van der Waals surface area contributed by atoms with Crippen LogP contribution in [-0.4, -0.2) is 24.2 Å². The van der Waals surface area contributed by atoms with Gasteiger partial charge in [-0.2, -0.15) is 0 Å². The SMILES string of the molecule is CCOC(=O)C1(NC(C)C)CCCCC1. The van der Waals surface area contributed by atoms with Crippen molar-refractivity contribution in [2.75, 3.05) is 6.61 Å². The van der Waals surface area contributed by atoms with Crippen molar-refractivity contribution in [3.63, 3.8) is 0 Å². The molecule has 0 radical (unpaired) electrons. The molecule has 1 saturated carbocycles. The van der Waals surface area contributed by atoms with Gasteiger partial charge in [-0.3, -0.25) is 10.1 Å². The first kappa shape index (κ1) is 12.5. The molecular formula is C12H23NO2. The molecule has 88 valence electrons. The highest BCUT2D eigenvalue weighted by atomic mass is 16.5. The van der Waals surface area contributed by atoms with Crippen molar-refractivity contribution in [2.24, 2.45) is 0 Å². The standard InChI is InChI=1S/C12H23NO2/c1-4-15-11(14)12(13-10(2)3)8-6-5-7-9-12/h10,13H,4-9H2,1-3H3. The van der Waals surface area contributed by atoms with Crippen LogP contribution in [0.15, 0.2) is 0 Å². The first-order valence-electron chi connectivity index (χ1n) is 6.05. The quantitative estimate of drug-likeness (QED) is 0.728. The van der Waals surface area contributed by atoms with Crippen LogP contribution < -0.4 is 5.32 Å². The van der Waals surface area contributed by atoms with Gasteiger partial charge in [0.25, 0.3) is 0 Å². The molecule has 15 heavy (non-hydrogen) atoms. The zero-order valence-corrected chi connectivity index (χ0v) is 10.1. The highest BCUT2D eigenvalue weighted by molar-refractivity contribution is 5.81. The van der Waals surface area contributed by atoms with Gasteiger partial charge in [0.15, 0.2) is 0 Å². The van der Waals surface area contributed by atoms with Gasteiger partial charge in [-0.25, -0.2) is 0 Å². The van der Waals surface area contributed by atoms with Crippen molar-refractivity contribution >= 4 is 5.97 Å². The van der Waals surface area contributed by atoms with E-state index in [0.29, 0.717) is 12.6 Å². The van der Waals surface area contributed by atoms with Gasteiger partial charge >= 0.3 is 5.97 Å². The van der Waals surface area contributed by atoms with Gasteiger partial charge in [0.2, 0.25) is 0 Å². The fourth-order valence-corrected chi connectivity index (χ4v) is 2.38. The third-order valence-corrected chi connectivity index (χ3v) is 2.94. The number of rotatable bonds is 4. The fraction of sp³-hybridized carbons (Fsp3) is 0.917. The summed E-state index contributed by atoms with van der Waals surface area (Å²) in [7, 11) is 0. The summed E-state index contributed by atoms with van der Waals surface area (Å²) in [5.74, 6) is -0.0570. The second-order valence-electron chi connectivity index (χ2n) is 4.66. The average molecular weight is 213 g/mol. The summed E-state index contributed by atoms with van der Waals surface area (Å²) in [6, 6.07) is 0.326. The van der Waals surface area contributed by atoms with Crippen molar-refractivity contribution in [1.82, 2.24) is 5.32 Å². The Labute approximate surface area is 92.6 Å².